The zero-order chi connectivity index (χ0) is 17.7. The Morgan fingerprint density at radius 2 is 1.72 bits per heavy atom. The number of hydrogen-bond acceptors (Lipinski definition) is 5. The normalized spacial score (nSPS) is 24.4. The van der Waals surface area contributed by atoms with Crippen LogP contribution in [0, 0.1) is 5.92 Å². The molecule has 0 unspecified atom stereocenters. The van der Waals surface area contributed by atoms with E-state index in [-0.39, 0.29) is 5.75 Å². The Morgan fingerprint density at radius 1 is 1.00 bits per heavy atom. The summed E-state index contributed by atoms with van der Waals surface area (Å²) in [7, 11) is -0.981. The first-order valence-corrected chi connectivity index (χ1v) is 11.1. The molecule has 0 amide bonds. The summed E-state index contributed by atoms with van der Waals surface area (Å²) in [6, 6.07) is 8.83. The molecule has 3 rings (SSSR count). The monoisotopic (exact) mass is 365 g/mol. The molecule has 2 saturated heterocycles. The molecule has 5 nitrogen and oxygen atoms in total. The first kappa shape index (κ1) is 18.8. The molecule has 6 heteroatoms. The van der Waals surface area contributed by atoms with Crippen LogP contribution in [-0.4, -0.2) is 88.3 Å². The van der Waals surface area contributed by atoms with Crippen LogP contribution in [0.4, 0.5) is 0 Å². The number of benzene rings is 1. The average molecular weight is 366 g/mol. The maximum absolute atomic E-state index is 12.5. The standard InChI is InChI=1S/C19H31N3O2S/c1-20-10-12-22(13-11-20)17-18-6-5-9-21(16-18)14-15-25(23,24)19-7-3-2-4-8-19/h2-4,7-8,18H,5-6,9-17H2,1H3/t18-/m0/s1. The summed E-state index contributed by atoms with van der Waals surface area (Å²) >= 11 is 0. The summed E-state index contributed by atoms with van der Waals surface area (Å²) in [4.78, 5) is 7.76. The van der Waals surface area contributed by atoms with Crippen molar-refractivity contribution in [2.45, 2.75) is 17.7 Å². The van der Waals surface area contributed by atoms with Gasteiger partial charge < -0.3 is 14.7 Å². The van der Waals surface area contributed by atoms with E-state index in [1.807, 2.05) is 6.07 Å². The van der Waals surface area contributed by atoms with Gasteiger partial charge in [-0.15, -0.1) is 0 Å². The molecule has 0 aromatic heterocycles. The Balaban J connectivity index is 1.47. The van der Waals surface area contributed by atoms with Gasteiger partial charge in [-0.3, -0.25) is 0 Å². The van der Waals surface area contributed by atoms with Gasteiger partial charge in [0.15, 0.2) is 9.84 Å². The molecule has 1 aromatic carbocycles. The maximum atomic E-state index is 12.5. The number of sulfone groups is 1. The zero-order valence-electron chi connectivity index (χ0n) is 15.3. The predicted molar refractivity (Wildman–Crippen MR) is 102 cm³/mol. The molecule has 0 N–H and O–H groups in total. The Bertz CT molecular complexity index is 627. The van der Waals surface area contributed by atoms with E-state index in [2.05, 4.69) is 21.7 Å². The molecule has 1 atom stereocenters. The van der Waals surface area contributed by atoms with Gasteiger partial charge in [-0.2, -0.15) is 0 Å². The molecule has 0 spiro atoms. The van der Waals surface area contributed by atoms with Crippen molar-refractivity contribution >= 4 is 9.84 Å². The second-order valence-corrected chi connectivity index (χ2v) is 9.65. The summed E-state index contributed by atoms with van der Waals surface area (Å²) in [5.41, 5.74) is 0. The third kappa shape index (κ3) is 5.51. The van der Waals surface area contributed by atoms with Gasteiger partial charge in [-0.05, 0) is 44.5 Å². The number of piperazine rings is 1. The highest BCUT2D eigenvalue weighted by Gasteiger charge is 2.25. The largest absolute Gasteiger partial charge is 0.304 e. The molecule has 2 aliphatic heterocycles. The first-order chi connectivity index (χ1) is 12.0. The van der Waals surface area contributed by atoms with Gasteiger partial charge in [-0.25, -0.2) is 8.42 Å². The van der Waals surface area contributed by atoms with Crippen LogP contribution >= 0.6 is 0 Å². The van der Waals surface area contributed by atoms with Gasteiger partial charge in [0.05, 0.1) is 10.6 Å². The van der Waals surface area contributed by atoms with Crippen LogP contribution in [0.15, 0.2) is 35.2 Å². The van der Waals surface area contributed by atoms with E-state index < -0.39 is 9.84 Å². The molecule has 2 aliphatic rings. The maximum Gasteiger partial charge on any atom is 0.179 e. The van der Waals surface area contributed by atoms with E-state index in [0.717, 1.165) is 45.8 Å². The number of likely N-dealkylation sites (N-methyl/N-ethyl adjacent to an activating group) is 1. The second kappa shape index (κ2) is 8.62. The van der Waals surface area contributed by atoms with Gasteiger partial charge in [-0.1, -0.05) is 18.2 Å². The number of piperidine rings is 1. The molecule has 0 radical (unpaired) electrons. The van der Waals surface area contributed by atoms with Crippen molar-refractivity contribution in [3.63, 3.8) is 0 Å². The highest BCUT2D eigenvalue weighted by molar-refractivity contribution is 7.91. The molecule has 2 heterocycles. The Labute approximate surface area is 152 Å². The summed E-state index contributed by atoms with van der Waals surface area (Å²) < 4.78 is 24.9. The Morgan fingerprint density at radius 3 is 2.44 bits per heavy atom. The zero-order valence-corrected chi connectivity index (χ0v) is 16.1. The topological polar surface area (TPSA) is 43.9 Å². The van der Waals surface area contributed by atoms with Crippen molar-refractivity contribution in [3.05, 3.63) is 30.3 Å². The Hall–Kier alpha value is -0.950. The van der Waals surface area contributed by atoms with Gasteiger partial charge >= 0.3 is 0 Å². The van der Waals surface area contributed by atoms with E-state index in [9.17, 15) is 8.42 Å². The fourth-order valence-corrected chi connectivity index (χ4v) is 5.20. The second-order valence-electron chi connectivity index (χ2n) is 7.54. The summed E-state index contributed by atoms with van der Waals surface area (Å²) in [6.45, 7) is 8.52. The van der Waals surface area contributed by atoms with Crippen molar-refractivity contribution in [2.24, 2.45) is 5.92 Å². The lowest BCUT2D eigenvalue weighted by Crippen LogP contribution is -2.48. The van der Waals surface area contributed by atoms with E-state index >= 15 is 0 Å². The Kier molecular flexibility index (Phi) is 6.49. The lowest BCUT2D eigenvalue weighted by atomic mass is 9.97. The summed E-state index contributed by atoms with van der Waals surface area (Å²) in [5.74, 6) is 0.898. The van der Waals surface area contributed by atoms with Crippen LogP contribution in [0.5, 0.6) is 0 Å². The molecular formula is C19H31N3O2S. The first-order valence-electron chi connectivity index (χ1n) is 9.44. The molecule has 25 heavy (non-hydrogen) atoms. The molecule has 1 aromatic rings. The van der Waals surface area contributed by atoms with E-state index in [4.69, 9.17) is 0 Å². The summed E-state index contributed by atoms with van der Waals surface area (Å²) in [6.07, 6.45) is 2.46. The third-order valence-corrected chi connectivity index (χ3v) is 7.20. The summed E-state index contributed by atoms with van der Waals surface area (Å²) in [5, 5.41) is 0. The highest BCUT2D eigenvalue weighted by Crippen LogP contribution is 2.19. The van der Waals surface area contributed by atoms with Crippen LogP contribution < -0.4 is 0 Å². The van der Waals surface area contributed by atoms with Gasteiger partial charge in [0.1, 0.15) is 0 Å². The van der Waals surface area contributed by atoms with E-state index in [0.29, 0.717) is 17.4 Å². The minimum atomic E-state index is -3.17. The molecule has 2 fully saturated rings. The van der Waals surface area contributed by atoms with E-state index in [1.54, 1.807) is 24.3 Å². The van der Waals surface area contributed by atoms with Crippen LogP contribution in [0.25, 0.3) is 0 Å². The smallest absolute Gasteiger partial charge is 0.179 e. The van der Waals surface area contributed by atoms with Crippen molar-refractivity contribution in [1.82, 2.24) is 14.7 Å². The molecular weight excluding hydrogens is 334 g/mol. The third-order valence-electron chi connectivity index (χ3n) is 5.49. The number of likely N-dealkylation sites (tertiary alicyclic amines) is 1. The van der Waals surface area contributed by atoms with E-state index in [1.165, 1.54) is 12.8 Å². The van der Waals surface area contributed by atoms with Crippen molar-refractivity contribution in [1.29, 1.82) is 0 Å². The SMILES string of the molecule is CN1CCN(C[C@H]2CCCN(CCS(=O)(=O)c3ccccc3)C2)CC1. The van der Waals surface area contributed by atoms with Gasteiger partial charge in [0.25, 0.3) is 0 Å². The lowest BCUT2D eigenvalue weighted by Gasteiger charge is -2.38. The minimum absolute atomic E-state index is 0.220. The molecule has 140 valence electrons. The fourth-order valence-electron chi connectivity index (χ4n) is 3.89. The van der Waals surface area contributed by atoms with Crippen LogP contribution in [0.3, 0.4) is 0 Å². The molecule has 0 bridgehead atoms. The minimum Gasteiger partial charge on any atom is -0.304 e. The number of nitrogens with zero attached hydrogens (tertiary/aromatic N) is 3. The van der Waals surface area contributed by atoms with Gasteiger partial charge in [0.2, 0.25) is 0 Å². The number of rotatable bonds is 6. The quantitative estimate of drug-likeness (QED) is 0.763. The van der Waals surface area contributed by atoms with Crippen LogP contribution in [0.2, 0.25) is 0 Å². The van der Waals surface area contributed by atoms with Crippen LogP contribution in [-0.2, 0) is 9.84 Å². The highest BCUT2D eigenvalue weighted by atomic mass is 32.2. The van der Waals surface area contributed by atoms with Crippen LogP contribution in [0.1, 0.15) is 12.8 Å². The molecule has 0 saturated carbocycles. The molecule has 0 aliphatic carbocycles. The average Bonchev–Trinajstić information content (AvgIpc) is 2.63. The predicted octanol–water partition coefficient (Wildman–Crippen LogP) is 1.42. The van der Waals surface area contributed by atoms with Gasteiger partial charge in [0, 0.05) is 45.8 Å². The van der Waals surface area contributed by atoms with Crippen molar-refractivity contribution in [2.75, 3.05) is 65.2 Å². The lowest BCUT2D eigenvalue weighted by molar-refractivity contribution is 0.102. The fraction of sp³-hybridized carbons (Fsp3) is 0.684. The van der Waals surface area contributed by atoms with Crippen molar-refractivity contribution < 1.29 is 8.42 Å². The number of hydrogen-bond donors (Lipinski definition) is 0. The van der Waals surface area contributed by atoms with Crippen molar-refractivity contribution in [3.8, 4) is 0 Å².